The van der Waals surface area contributed by atoms with Gasteiger partial charge in [0, 0.05) is 58.0 Å². The summed E-state index contributed by atoms with van der Waals surface area (Å²) < 4.78 is 38.3. The highest BCUT2D eigenvalue weighted by Gasteiger charge is 2.36. The number of nitrogens with one attached hydrogen (secondary N) is 1. The molecular weight excluding hydrogens is 507 g/mol. The Kier molecular flexibility index (Phi) is 9.19. The lowest BCUT2D eigenvalue weighted by atomic mass is 9.93. The van der Waals surface area contributed by atoms with Crippen molar-refractivity contribution >= 4 is 17.4 Å². The van der Waals surface area contributed by atoms with Gasteiger partial charge < -0.3 is 20.0 Å². The summed E-state index contributed by atoms with van der Waals surface area (Å²) in [6.07, 6.45) is 1.07. The smallest absolute Gasteiger partial charge is 0.378 e. The van der Waals surface area contributed by atoms with Gasteiger partial charge in [-0.1, -0.05) is 12.1 Å². The summed E-state index contributed by atoms with van der Waals surface area (Å²) in [5, 5.41) is 3.11. The first-order chi connectivity index (χ1) is 18.5. The molecule has 2 atom stereocenters. The third-order valence-corrected chi connectivity index (χ3v) is 7.81. The SMILES string of the molecule is C[C@@H]1CN(c2cnc(C(F)(F)F)nc2)C[C@H](C)N1C(=O)NCCC1CCN(Cc2ccc(N(C)C)cc2)CC1. The van der Waals surface area contributed by atoms with Crippen molar-refractivity contribution in [3.05, 3.63) is 48.0 Å². The van der Waals surface area contributed by atoms with Gasteiger partial charge in [-0.15, -0.1) is 0 Å². The van der Waals surface area contributed by atoms with E-state index >= 15 is 0 Å². The number of hydrogen-bond acceptors (Lipinski definition) is 6. The predicted octanol–water partition coefficient (Wildman–Crippen LogP) is 4.47. The number of amides is 2. The number of urea groups is 1. The number of hydrogen-bond donors (Lipinski definition) is 1. The van der Waals surface area contributed by atoms with Gasteiger partial charge in [-0.25, -0.2) is 14.8 Å². The van der Waals surface area contributed by atoms with Crippen LogP contribution in [0.3, 0.4) is 0 Å². The van der Waals surface area contributed by atoms with Gasteiger partial charge >= 0.3 is 12.2 Å². The Morgan fingerprint density at radius 3 is 2.15 bits per heavy atom. The number of piperidine rings is 1. The minimum absolute atomic E-state index is 0.0862. The van der Waals surface area contributed by atoms with Gasteiger partial charge in [0.05, 0.1) is 18.1 Å². The normalized spacial score (nSPS) is 21.2. The first kappa shape index (κ1) is 28.9. The minimum atomic E-state index is -4.56. The lowest BCUT2D eigenvalue weighted by molar-refractivity contribution is -0.145. The Hall–Kier alpha value is -3.08. The lowest BCUT2D eigenvalue weighted by Gasteiger charge is -2.45. The van der Waals surface area contributed by atoms with Crippen LogP contribution in [0.4, 0.5) is 29.3 Å². The molecule has 4 rings (SSSR count). The molecule has 0 aliphatic carbocycles. The number of piperazine rings is 1. The molecule has 2 amide bonds. The zero-order chi connectivity index (χ0) is 28.2. The van der Waals surface area contributed by atoms with Gasteiger partial charge in [0.15, 0.2) is 0 Å². The highest BCUT2D eigenvalue weighted by atomic mass is 19.4. The van der Waals surface area contributed by atoms with E-state index in [0.29, 0.717) is 31.2 Å². The maximum absolute atomic E-state index is 13.0. The third-order valence-electron chi connectivity index (χ3n) is 7.81. The van der Waals surface area contributed by atoms with Crippen molar-refractivity contribution in [3.8, 4) is 0 Å². The number of halogens is 3. The van der Waals surface area contributed by atoms with Crippen LogP contribution in [0.2, 0.25) is 0 Å². The first-order valence-corrected chi connectivity index (χ1v) is 13.7. The van der Waals surface area contributed by atoms with Crippen molar-refractivity contribution in [3.63, 3.8) is 0 Å². The van der Waals surface area contributed by atoms with Gasteiger partial charge in [0.1, 0.15) is 0 Å². The molecule has 1 aromatic heterocycles. The number of likely N-dealkylation sites (tertiary alicyclic amines) is 1. The van der Waals surface area contributed by atoms with Crippen LogP contribution >= 0.6 is 0 Å². The summed E-state index contributed by atoms with van der Waals surface area (Å²) in [5.41, 5.74) is 3.07. The highest BCUT2D eigenvalue weighted by Crippen LogP contribution is 2.28. The van der Waals surface area contributed by atoms with Crippen LogP contribution in [-0.2, 0) is 12.7 Å². The molecule has 0 saturated carbocycles. The molecule has 0 bridgehead atoms. The molecular formula is C28H40F3N7O. The summed E-state index contributed by atoms with van der Waals surface area (Å²) >= 11 is 0. The molecule has 0 radical (unpaired) electrons. The molecule has 1 N–H and O–H groups in total. The molecule has 2 aliphatic rings. The van der Waals surface area contributed by atoms with Gasteiger partial charge in [-0.05, 0) is 69.8 Å². The fourth-order valence-electron chi connectivity index (χ4n) is 5.63. The van der Waals surface area contributed by atoms with Crippen LogP contribution < -0.4 is 15.1 Å². The predicted molar refractivity (Wildman–Crippen MR) is 147 cm³/mol. The van der Waals surface area contributed by atoms with Gasteiger partial charge in [-0.2, -0.15) is 13.2 Å². The third kappa shape index (κ3) is 7.52. The summed E-state index contributed by atoms with van der Waals surface area (Å²) in [4.78, 5) is 28.3. The molecule has 39 heavy (non-hydrogen) atoms. The van der Waals surface area contributed by atoms with E-state index in [1.54, 1.807) is 0 Å². The van der Waals surface area contributed by atoms with Crippen LogP contribution in [-0.4, -0.2) is 84.7 Å². The minimum Gasteiger partial charge on any atom is -0.378 e. The van der Waals surface area contributed by atoms with Crippen molar-refractivity contribution in [2.75, 3.05) is 56.6 Å². The molecule has 0 spiro atoms. The number of nitrogens with zero attached hydrogens (tertiary/aromatic N) is 6. The summed E-state index contributed by atoms with van der Waals surface area (Å²) in [5.74, 6) is -0.546. The summed E-state index contributed by atoms with van der Waals surface area (Å²) in [6, 6.07) is 8.44. The van der Waals surface area contributed by atoms with E-state index in [2.05, 4.69) is 49.4 Å². The van der Waals surface area contributed by atoms with Gasteiger partial charge in [-0.3, -0.25) is 4.90 Å². The molecule has 214 valence electrons. The van der Waals surface area contributed by atoms with E-state index in [-0.39, 0.29) is 18.1 Å². The van der Waals surface area contributed by atoms with Crippen molar-refractivity contribution < 1.29 is 18.0 Å². The number of carbonyl (C=O) groups excluding carboxylic acids is 1. The van der Waals surface area contributed by atoms with E-state index in [4.69, 9.17) is 0 Å². The van der Waals surface area contributed by atoms with Crippen LogP contribution in [0, 0.1) is 5.92 Å². The second-order valence-electron chi connectivity index (χ2n) is 11.1. The van der Waals surface area contributed by atoms with E-state index in [1.807, 2.05) is 37.7 Å². The highest BCUT2D eigenvalue weighted by molar-refractivity contribution is 5.75. The topological polar surface area (TPSA) is 67.8 Å². The number of benzene rings is 1. The molecule has 3 heterocycles. The fraction of sp³-hybridized carbons (Fsp3) is 0.607. The number of alkyl halides is 3. The fourth-order valence-corrected chi connectivity index (χ4v) is 5.63. The molecule has 2 saturated heterocycles. The first-order valence-electron chi connectivity index (χ1n) is 13.7. The molecule has 0 unspecified atom stereocenters. The summed E-state index contributed by atoms with van der Waals surface area (Å²) in [6.45, 7) is 8.66. The summed E-state index contributed by atoms with van der Waals surface area (Å²) in [7, 11) is 4.10. The van der Waals surface area contributed by atoms with Gasteiger partial charge in [0.25, 0.3) is 0 Å². The molecule has 2 fully saturated rings. The van der Waals surface area contributed by atoms with Crippen LogP contribution in [0.5, 0.6) is 0 Å². The van der Waals surface area contributed by atoms with E-state index < -0.39 is 12.0 Å². The Balaban J connectivity index is 1.18. The number of aromatic nitrogens is 2. The van der Waals surface area contributed by atoms with Crippen molar-refractivity contribution in [1.29, 1.82) is 0 Å². The van der Waals surface area contributed by atoms with Crippen LogP contribution in [0.1, 0.15) is 44.5 Å². The van der Waals surface area contributed by atoms with E-state index in [1.165, 1.54) is 23.6 Å². The average Bonchev–Trinajstić information content (AvgIpc) is 2.89. The molecule has 1 aromatic carbocycles. The monoisotopic (exact) mass is 547 g/mol. The average molecular weight is 548 g/mol. The van der Waals surface area contributed by atoms with E-state index in [9.17, 15) is 18.0 Å². The number of rotatable bonds is 7. The molecule has 2 aliphatic heterocycles. The zero-order valence-electron chi connectivity index (χ0n) is 23.3. The van der Waals surface area contributed by atoms with Crippen molar-refractivity contribution in [2.45, 2.75) is 57.9 Å². The maximum Gasteiger partial charge on any atom is 0.451 e. The quantitative estimate of drug-likeness (QED) is 0.552. The second kappa shape index (κ2) is 12.4. The number of carbonyl (C=O) groups is 1. The maximum atomic E-state index is 13.0. The van der Waals surface area contributed by atoms with Crippen LogP contribution in [0.15, 0.2) is 36.7 Å². The Bertz CT molecular complexity index is 1060. The standard InChI is InChI=1S/C28H40F3N7O/c1-20-17-37(25-15-33-26(34-16-25)28(29,30)31)18-21(2)38(20)27(39)32-12-9-22-10-13-36(14-11-22)19-23-5-7-24(8-6-23)35(3)4/h5-8,15-16,20-22H,9-14,17-19H2,1-4H3,(H,32,39)/t20-,21+. The molecule has 11 heteroatoms. The van der Waals surface area contributed by atoms with Gasteiger partial charge in [0.2, 0.25) is 5.82 Å². The Morgan fingerprint density at radius 1 is 1.03 bits per heavy atom. The van der Waals surface area contributed by atoms with E-state index in [0.717, 1.165) is 38.9 Å². The number of anilines is 2. The Morgan fingerprint density at radius 2 is 1.62 bits per heavy atom. The molecule has 2 aromatic rings. The van der Waals surface area contributed by atoms with Crippen molar-refractivity contribution in [2.24, 2.45) is 5.92 Å². The zero-order valence-corrected chi connectivity index (χ0v) is 23.3. The molecule has 8 nitrogen and oxygen atoms in total. The van der Waals surface area contributed by atoms with Crippen LogP contribution in [0.25, 0.3) is 0 Å². The Labute approximate surface area is 229 Å². The largest absolute Gasteiger partial charge is 0.451 e. The second-order valence-corrected chi connectivity index (χ2v) is 11.1. The lowest BCUT2D eigenvalue weighted by Crippen LogP contribution is -2.61. The van der Waals surface area contributed by atoms with Crippen molar-refractivity contribution in [1.82, 2.24) is 25.1 Å².